The molecule has 62 heavy (non-hydrogen) atoms. The smallest absolute Gasteiger partial charge is 0.269 e. The van der Waals surface area contributed by atoms with Gasteiger partial charge in [-0.05, 0) is 127 Å². The largest absolute Gasteiger partial charge is 0.441 e. The molecule has 4 aromatic carbocycles. The van der Waals surface area contributed by atoms with Crippen molar-refractivity contribution in [3.05, 3.63) is 152 Å². The fraction of sp³-hybridized carbons (Fsp3) is 0.400. The van der Waals surface area contributed by atoms with Crippen LogP contribution in [0.4, 0.5) is 11.4 Å². The first-order chi connectivity index (χ1) is 30.0. The van der Waals surface area contributed by atoms with Crippen molar-refractivity contribution in [2.45, 2.75) is 130 Å². The summed E-state index contributed by atoms with van der Waals surface area (Å²) in [6.45, 7) is 9.80. The zero-order valence-electron chi connectivity index (χ0n) is 36.2. The van der Waals surface area contributed by atoms with Gasteiger partial charge < -0.3 is 33.5 Å². The maximum absolute atomic E-state index is 10.9. The maximum atomic E-state index is 10.9. The van der Waals surface area contributed by atoms with E-state index in [1.165, 1.54) is 11.6 Å². The number of nitro groups is 1. The summed E-state index contributed by atoms with van der Waals surface area (Å²) in [6, 6.07) is 30.8. The number of hydrogen-bond acceptors (Lipinski definition) is 11. The molecule has 2 heterocycles. The van der Waals surface area contributed by atoms with E-state index in [-0.39, 0.29) is 35.0 Å². The van der Waals surface area contributed by atoms with Gasteiger partial charge in [-0.3, -0.25) is 10.1 Å². The molecule has 4 atom stereocenters. The van der Waals surface area contributed by atoms with E-state index in [1.807, 2.05) is 81.4 Å². The molecule has 12 nitrogen and oxygen atoms in total. The molecule has 2 N–H and O–H groups in total. The van der Waals surface area contributed by atoms with Crippen molar-refractivity contribution in [2.24, 2.45) is 0 Å². The Labute approximate surface area is 363 Å². The van der Waals surface area contributed by atoms with Crippen LogP contribution in [-0.2, 0) is 45.4 Å². The number of rotatable bonds is 15. The molecule has 0 unspecified atom stereocenters. The lowest BCUT2D eigenvalue weighted by atomic mass is 9.95. The summed E-state index contributed by atoms with van der Waals surface area (Å²) in [6.07, 6.45) is 8.49. The first-order valence-corrected chi connectivity index (χ1v) is 21.7. The molecule has 8 rings (SSSR count). The average Bonchev–Trinajstić information content (AvgIpc) is 3.85. The Kier molecular flexibility index (Phi) is 15.3. The second kappa shape index (κ2) is 21.4. The lowest BCUT2D eigenvalue weighted by Gasteiger charge is -2.29. The van der Waals surface area contributed by atoms with Crippen molar-refractivity contribution in [3.8, 4) is 22.9 Å². The minimum absolute atomic E-state index is 0.0780. The van der Waals surface area contributed by atoms with Gasteiger partial charge in [-0.15, -0.1) is 0 Å². The summed E-state index contributed by atoms with van der Waals surface area (Å²) < 4.78 is 36.3. The Morgan fingerprint density at radius 3 is 1.48 bits per heavy atom. The lowest BCUT2D eigenvalue weighted by Crippen LogP contribution is -2.28. The molecule has 2 aliphatic rings. The SMILES string of the molecule is Cc1cccc(-c2nc(CO[C@H]3CCC[C@@H](OCc4cccc(N)c4)C3)c(C)o2)c1.Cc1cccc(-c2nc(CO[C@H]3CCC[C@@H](OCc4cccc([N+](=O)[O-])c4)C3)c(C)o2)c1. The van der Waals surface area contributed by atoms with Crippen LogP contribution in [0.25, 0.3) is 22.9 Å². The average molecular weight is 843 g/mol. The second-order valence-electron chi connectivity index (χ2n) is 16.5. The third kappa shape index (κ3) is 12.7. The molecule has 0 amide bonds. The predicted octanol–water partition coefficient (Wildman–Crippen LogP) is 11.5. The van der Waals surface area contributed by atoms with Gasteiger partial charge in [0, 0.05) is 28.9 Å². The van der Waals surface area contributed by atoms with Crippen molar-refractivity contribution in [3.63, 3.8) is 0 Å². The molecule has 12 heteroatoms. The Hall–Kier alpha value is -5.66. The summed E-state index contributed by atoms with van der Waals surface area (Å²) >= 11 is 0. The molecular formula is C50H58N4O8. The molecule has 326 valence electrons. The summed E-state index contributed by atoms with van der Waals surface area (Å²) in [7, 11) is 0. The van der Waals surface area contributed by atoms with E-state index >= 15 is 0 Å². The first-order valence-electron chi connectivity index (χ1n) is 21.7. The highest BCUT2D eigenvalue weighted by Gasteiger charge is 2.26. The van der Waals surface area contributed by atoms with E-state index in [0.29, 0.717) is 38.2 Å². The Morgan fingerprint density at radius 1 is 0.597 bits per heavy atom. The highest BCUT2D eigenvalue weighted by molar-refractivity contribution is 5.55. The number of nitro benzene ring substituents is 1. The third-order valence-electron chi connectivity index (χ3n) is 11.4. The van der Waals surface area contributed by atoms with Gasteiger partial charge in [-0.1, -0.05) is 59.7 Å². The van der Waals surface area contributed by atoms with Gasteiger partial charge in [0.05, 0.1) is 55.8 Å². The van der Waals surface area contributed by atoms with Crippen LogP contribution >= 0.6 is 0 Å². The standard InChI is InChI=1S/C25H28N2O5.C25H30N2O3/c1-17-6-3-8-20(12-17)25-26-24(18(2)32-25)16-31-23-11-5-10-22(14-23)30-15-19-7-4-9-21(13-19)27(28)29;1-17-6-3-8-20(12-17)25-27-24(18(2)30-25)16-29-23-11-5-10-22(14-23)28-15-19-7-4-9-21(26)13-19/h3-4,6-9,12-13,22-23H,5,10-11,14-16H2,1-2H3;3-4,6-9,12-13,22-23H,5,10-11,14-16,26H2,1-2H3/t2*22-,23+/m11/s1. The zero-order valence-corrected chi connectivity index (χ0v) is 36.2. The number of oxazole rings is 2. The van der Waals surface area contributed by atoms with Crippen molar-refractivity contribution < 1.29 is 32.7 Å². The topological polar surface area (TPSA) is 158 Å². The first kappa shape index (κ1) is 44.4. The summed E-state index contributed by atoms with van der Waals surface area (Å²) in [5, 5.41) is 10.9. The van der Waals surface area contributed by atoms with Crippen molar-refractivity contribution in [1.82, 2.24) is 9.97 Å². The Morgan fingerprint density at radius 2 is 1.03 bits per heavy atom. The predicted molar refractivity (Wildman–Crippen MR) is 238 cm³/mol. The van der Waals surface area contributed by atoms with Crippen molar-refractivity contribution in [2.75, 3.05) is 5.73 Å². The minimum atomic E-state index is -0.385. The number of ether oxygens (including phenoxy) is 4. The molecule has 2 fully saturated rings. The van der Waals surface area contributed by atoms with Crippen LogP contribution < -0.4 is 5.73 Å². The summed E-state index contributed by atoms with van der Waals surface area (Å²) in [5.41, 5.74) is 14.6. The van der Waals surface area contributed by atoms with E-state index < -0.39 is 0 Å². The van der Waals surface area contributed by atoms with Crippen LogP contribution in [0.15, 0.2) is 106 Å². The Balaban J connectivity index is 0.000000187. The van der Waals surface area contributed by atoms with Gasteiger partial charge in [-0.25, -0.2) is 9.97 Å². The second-order valence-corrected chi connectivity index (χ2v) is 16.5. The van der Waals surface area contributed by atoms with Crippen LogP contribution in [0.1, 0.15) is 96.5 Å². The van der Waals surface area contributed by atoms with Gasteiger partial charge in [0.25, 0.3) is 5.69 Å². The minimum Gasteiger partial charge on any atom is -0.441 e. The number of aryl methyl sites for hydroxylation is 4. The molecule has 0 spiro atoms. The van der Waals surface area contributed by atoms with Crippen molar-refractivity contribution in [1.29, 1.82) is 0 Å². The fourth-order valence-electron chi connectivity index (χ4n) is 8.00. The highest BCUT2D eigenvalue weighted by Crippen LogP contribution is 2.30. The van der Waals surface area contributed by atoms with Gasteiger partial charge in [0.15, 0.2) is 0 Å². The Bertz CT molecular complexity index is 2390. The number of anilines is 1. The van der Waals surface area contributed by atoms with Gasteiger partial charge in [0.2, 0.25) is 11.8 Å². The van der Waals surface area contributed by atoms with Gasteiger partial charge in [0.1, 0.15) is 22.9 Å². The number of aromatic nitrogens is 2. The molecule has 0 saturated heterocycles. The van der Waals surface area contributed by atoms with E-state index in [2.05, 4.69) is 35.1 Å². The third-order valence-corrected chi connectivity index (χ3v) is 11.4. The number of nitrogens with two attached hydrogens (primary N) is 1. The molecule has 2 saturated carbocycles. The molecule has 2 aliphatic carbocycles. The van der Waals surface area contributed by atoms with Crippen LogP contribution in [0.5, 0.6) is 0 Å². The molecule has 6 aromatic rings. The number of nitrogens with zero attached hydrogens (tertiary/aromatic N) is 3. The molecular weight excluding hydrogens is 785 g/mol. The number of non-ortho nitro benzene ring substituents is 1. The zero-order chi connectivity index (χ0) is 43.4. The summed E-state index contributed by atoms with van der Waals surface area (Å²) in [5.74, 6) is 2.86. The fourth-order valence-corrected chi connectivity index (χ4v) is 8.00. The van der Waals surface area contributed by atoms with Gasteiger partial charge in [-0.2, -0.15) is 0 Å². The molecule has 0 radical (unpaired) electrons. The van der Waals surface area contributed by atoms with Crippen LogP contribution in [0, 0.1) is 37.8 Å². The van der Waals surface area contributed by atoms with E-state index in [1.54, 1.807) is 12.1 Å². The number of nitrogen functional groups attached to an aromatic ring is 1. The van der Waals surface area contributed by atoms with Crippen LogP contribution in [-0.4, -0.2) is 39.3 Å². The summed E-state index contributed by atoms with van der Waals surface area (Å²) in [4.78, 5) is 19.9. The lowest BCUT2D eigenvalue weighted by molar-refractivity contribution is -0.385. The number of benzene rings is 4. The monoisotopic (exact) mass is 842 g/mol. The number of hydrogen-bond donors (Lipinski definition) is 1. The van der Waals surface area contributed by atoms with Crippen LogP contribution in [0.3, 0.4) is 0 Å². The highest BCUT2D eigenvalue weighted by atomic mass is 16.6. The van der Waals surface area contributed by atoms with E-state index in [4.69, 9.17) is 33.5 Å². The molecule has 0 aliphatic heterocycles. The molecule has 0 bridgehead atoms. The molecule has 2 aromatic heterocycles. The van der Waals surface area contributed by atoms with Crippen LogP contribution in [0.2, 0.25) is 0 Å². The van der Waals surface area contributed by atoms with E-state index in [0.717, 1.165) is 108 Å². The quantitative estimate of drug-likeness (QED) is 0.0596. The normalized spacial score (nSPS) is 18.8. The van der Waals surface area contributed by atoms with E-state index in [9.17, 15) is 10.1 Å². The van der Waals surface area contributed by atoms with Gasteiger partial charge >= 0.3 is 0 Å². The maximum Gasteiger partial charge on any atom is 0.269 e. The van der Waals surface area contributed by atoms with Crippen molar-refractivity contribution >= 4 is 11.4 Å².